The van der Waals surface area contributed by atoms with E-state index >= 15 is 0 Å². The summed E-state index contributed by atoms with van der Waals surface area (Å²) in [6.45, 7) is 3.40. The normalized spacial score (nSPS) is 15.1. The molecular weight excluding hydrogens is 314 g/mol. The van der Waals surface area contributed by atoms with E-state index in [4.69, 9.17) is 4.74 Å². The van der Waals surface area contributed by atoms with Crippen LogP contribution in [0.25, 0.3) is 0 Å². The van der Waals surface area contributed by atoms with Gasteiger partial charge in [-0.3, -0.25) is 9.59 Å². The summed E-state index contributed by atoms with van der Waals surface area (Å²) in [5, 5.41) is 2.87. The Balaban J connectivity index is 1.54. The molecule has 25 heavy (non-hydrogen) atoms. The van der Waals surface area contributed by atoms with Gasteiger partial charge in [0.1, 0.15) is 0 Å². The lowest BCUT2D eigenvalue weighted by atomic mass is 9.98. The summed E-state index contributed by atoms with van der Waals surface area (Å²) in [6, 6.07) is 7.64. The molecule has 0 spiro atoms. The lowest BCUT2D eigenvalue weighted by Gasteiger charge is -2.21. The van der Waals surface area contributed by atoms with Gasteiger partial charge in [0.15, 0.2) is 5.78 Å². The zero-order valence-corrected chi connectivity index (χ0v) is 15.4. The Bertz CT molecular complexity index is 533. The molecule has 0 bridgehead atoms. The van der Waals surface area contributed by atoms with Gasteiger partial charge in [0.05, 0.1) is 6.10 Å². The van der Waals surface area contributed by atoms with E-state index in [-0.39, 0.29) is 24.5 Å². The van der Waals surface area contributed by atoms with Gasteiger partial charge < -0.3 is 10.1 Å². The van der Waals surface area contributed by atoms with Crippen molar-refractivity contribution in [2.45, 2.75) is 70.8 Å². The van der Waals surface area contributed by atoms with E-state index in [9.17, 15) is 9.59 Å². The Kier molecular flexibility index (Phi) is 8.67. The van der Waals surface area contributed by atoms with Crippen molar-refractivity contribution in [2.75, 3.05) is 13.2 Å². The number of aryl methyl sites for hydroxylation is 1. The summed E-state index contributed by atoms with van der Waals surface area (Å²) >= 11 is 0. The van der Waals surface area contributed by atoms with Crippen molar-refractivity contribution in [1.82, 2.24) is 5.32 Å². The summed E-state index contributed by atoms with van der Waals surface area (Å²) < 4.78 is 5.83. The molecule has 2 rings (SSSR count). The van der Waals surface area contributed by atoms with E-state index in [2.05, 4.69) is 12.2 Å². The van der Waals surface area contributed by atoms with Gasteiger partial charge in [0, 0.05) is 31.6 Å². The molecule has 0 unspecified atom stereocenters. The first kappa shape index (κ1) is 19.6. The lowest BCUT2D eigenvalue weighted by Crippen LogP contribution is -2.26. The topological polar surface area (TPSA) is 55.4 Å². The number of hydrogen-bond acceptors (Lipinski definition) is 3. The first-order valence-corrected chi connectivity index (χ1v) is 9.69. The van der Waals surface area contributed by atoms with Gasteiger partial charge in [-0.05, 0) is 31.2 Å². The number of carbonyl (C=O) groups is 2. The van der Waals surface area contributed by atoms with Gasteiger partial charge >= 0.3 is 0 Å². The van der Waals surface area contributed by atoms with E-state index in [1.165, 1.54) is 37.7 Å². The van der Waals surface area contributed by atoms with Crippen molar-refractivity contribution < 1.29 is 14.3 Å². The fraction of sp³-hybridized carbons (Fsp3) is 0.619. The van der Waals surface area contributed by atoms with Crippen LogP contribution in [-0.4, -0.2) is 30.9 Å². The first-order valence-electron chi connectivity index (χ1n) is 9.69. The highest BCUT2D eigenvalue weighted by Gasteiger charge is 2.13. The second-order valence-electron chi connectivity index (χ2n) is 6.81. The van der Waals surface area contributed by atoms with E-state index < -0.39 is 0 Å². The number of Topliss-reactive ketones (excluding diaryl/α,β-unsaturated/α-hetero) is 1. The quantitative estimate of drug-likeness (QED) is 0.514. The molecule has 4 nitrogen and oxygen atoms in total. The van der Waals surface area contributed by atoms with Crippen molar-refractivity contribution in [3.05, 3.63) is 35.4 Å². The zero-order valence-electron chi connectivity index (χ0n) is 15.4. The maximum Gasteiger partial charge on any atom is 0.220 e. The first-order chi connectivity index (χ1) is 12.2. The van der Waals surface area contributed by atoms with Crippen LogP contribution >= 0.6 is 0 Å². The highest BCUT2D eigenvalue weighted by atomic mass is 16.5. The number of carbonyl (C=O) groups excluding carboxylic acids is 2. The average Bonchev–Trinajstić information content (AvgIpc) is 2.66. The van der Waals surface area contributed by atoms with Gasteiger partial charge in [-0.1, -0.05) is 50.5 Å². The van der Waals surface area contributed by atoms with Gasteiger partial charge in [0.2, 0.25) is 5.91 Å². The third-order valence-corrected chi connectivity index (χ3v) is 4.81. The fourth-order valence-corrected chi connectivity index (χ4v) is 3.17. The number of rotatable bonds is 10. The maximum atomic E-state index is 12.1. The van der Waals surface area contributed by atoms with Crippen LogP contribution in [0.15, 0.2) is 24.3 Å². The summed E-state index contributed by atoms with van der Waals surface area (Å²) in [6.07, 6.45) is 8.94. The molecule has 1 fully saturated rings. The molecule has 1 aliphatic rings. The molecule has 0 aliphatic heterocycles. The molecule has 1 amide bonds. The second-order valence-corrected chi connectivity index (χ2v) is 6.81. The molecule has 1 aromatic rings. The Labute approximate surface area is 151 Å². The van der Waals surface area contributed by atoms with Crippen LogP contribution in [0.4, 0.5) is 0 Å². The van der Waals surface area contributed by atoms with Gasteiger partial charge in [0.25, 0.3) is 0 Å². The summed E-state index contributed by atoms with van der Waals surface area (Å²) in [5.74, 6) is -0.0328. The number of ketones is 1. The fourth-order valence-electron chi connectivity index (χ4n) is 3.17. The monoisotopic (exact) mass is 345 g/mol. The predicted molar refractivity (Wildman–Crippen MR) is 99.8 cm³/mol. The van der Waals surface area contributed by atoms with E-state index in [1.54, 1.807) is 0 Å². The van der Waals surface area contributed by atoms with Crippen molar-refractivity contribution in [2.24, 2.45) is 0 Å². The standard InChI is InChI=1S/C21H31NO3/c1-2-17-9-11-18(12-10-17)20(23)13-14-21(24)22-15-6-16-25-19-7-4-3-5-8-19/h9-12,19H,2-8,13-16H2,1H3,(H,22,24). The minimum absolute atomic E-state index is 0.0263. The van der Waals surface area contributed by atoms with Gasteiger partial charge in [-0.2, -0.15) is 0 Å². The molecule has 0 atom stereocenters. The third kappa shape index (κ3) is 7.39. The SMILES string of the molecule is CCc1ccc(C(=O)CCC(=O)NCCCOC2CCCCC2)cc1. The van der Waals surface area contributed by atoms with Crippen LogP contribution < -0.4 is 5.32 Å². The van der Waals surface area contributed by atoms with Crippen LogP contribution in [0.5, 0.6) is 0 Å². The molecule has 138 valence electrons. The van der Waals surface area contributed by atoms with Crippen molar-refractivity contribution in [3.8, 4) is 0 Å². The molecule has 1 saturated carbocycles. The molecule has 1 N–H and O–H groups in total. The zero-order chi connectivity index (χ0) is 17.9. The summed E-state index contributed by atoms with van der Waals surface area (Å²) in [7, 11) is 0. The van der Waals surface area contributed by atoms with Crippen molar-refractivity contribution >= 4 is 11.7 Å². The third-order valence-electron chi connectivity index (χ3n) is 4.81. The summed E-state index contributed by atoms with van der Waals surface area (Å²) in [4.78, 5) is 23.9. The van der Waals surface area contributed by atoms with Crippen LogP contribution in [0.1, 0.15) is 74.2 Å². The van der Waals surface area contributed by atoms with E-state index in [0.717, 1.165) is 12.8 Å². The van der Waals surface area contributed by atoms with Gasteiger partial charge in [-0.25, -0.2) is 0 Å². The number of nitrogens with one attached hydrogen (secondary N) is 1. The Morgan fingerprint density at radius 3 is 2.48 bits per heavy atom. The van der Waals surface area contributed by atoms with Crippen molar-refractivity contribution in [1.29, 1.82) is 0 Å². The lowest BCUT2D eigenvalue weighted by molar-refractivity contribution is -0.121. The van der Waals surface area contributed by atoms with Crippen LogP contribution in [-0.2, 0) is 16.0 Å². The van der Waals surface area contributed by atoms with E-state index in [1.807, 2.05) is 24.3 Å². The van der Waals surface area contributed by atoms with Crippen LogP contribution in [0.3, 0.4) is 0 Å². The number of benzene rings is 1. The number of amides is 1. The van der Waals surface area contributed by atoms with Gasteiger partial charge in [-0.15, -0.1) is 0 Å². The Morgan fingerprint density at radius 2 is 1.80 bits per heavy atom. The van der Waals surface area contributed by atoms with Crippen LogP contribution in [0, 0.1) is 0 Å². The molecule has 4 heteroatoms. The number of ether oxygens (including phenoxy) is 1. The molecule has 0 heterocycles. The largest absolute Gasteiger partial charge is 0.378 e. The van der Waals surface area contributed by atoms with E-state index in [0.29, 0.717) is 24.8 Å². The molecule has 1 aromatic carbocycles. The molecule has 0 radical (unpaired) electrons. The molecule has 0 aromatic heterocycles. The average molecular weight is 345 g/mol. The Hall–Kier alpha value is -1.68. The smallest absolute Gasteiger partial charge is 0.220 e. The number of hydrogen-bond donors (Lipinski definition) is 1. The second kappa shape index (κ2) is 11.0. The van der Waals surface area contributed by atoms with Crippen molar-refractivity contribution in [3.63, 3.8) is 0 Å². The predicted octanol–water partition coefficient (Wildman–Crippen LogP) is 4.07. The van der Waals surface area contributed by atoms with Crippen LogP contribution in [0.2, 0.25) is 0 Å². The minimum atomic E-state index is -0.0591. The highest BCUT2D eigenvalue weighted by Crippen LogP contribution is 2.20. The maximum absolute atomic E-state index is 12.1. The Morgan fingerprint density at radius 1 is 1.08 bits per heavy atom. The minimum Gasteiger partial charge on any atom is -0.378 e. The molecule has 0 saturated heterocycles. The summed E-state index contributed by atoms with van der Waals surface area (Å²) in [5.41, 5.74) is 1.90. The molecule has 1 aliphatic carbocycles. The highest BCUT2D eigenvalue weighted by molar-refractivity contribution is 5.97. The molecular formula is C21H31NO3.